The molecule has 0 spiro atoms. The van der Waals surface area contributed by atoms with E-state index in [0.29, 0.717) is 12.2 Å². The van der Waals surface area contributed by atoms with Crippen LogP contribution in [0, 0.1) is 0 Å². The van der Waals surface area contributed by atoms with Crippen molar-refractivity contribution in [2.24, 2.45) is 5.73 Å². The van der Waals surface area contributed by atoms with Gasteiger partial charge in [-0.05, 0) is 19.8 Å². The van der Waals surface area contributed by atoms with Crippen LogP contribution in [0.3, 0.4) is 0 Å². The predicted molar refractivity (Wildman–Crippen MR) is 77.7 cm³/mol. The molecule has 6 heteroatoms. The molecule has 0 radical (unpaired) electrons. The van der Waals surface area contributed by atoms with Crippen molar-refractivity contribution in [2.75, 3.05) is 5.32 Å². The fraction of sp³-hybridized carbons (Fsp3) is 0.692. The summed E-state index contributed by atoms with van der Waals surface area (Å²) in [7, 11) is 0. The van der Waals surface area contributed by atoms with Crippen LogP contribution in [0.1, 0.15) is 39.0 Å². The molecule has 1 aliphatic rings. The monoisotopic (exact) mass is 284 g/mol. The van der Waals surface area contributed by atoms with Crippen molar-refractivity contribution in [3.8, 4) is 0 Å². The minimum atomic E-state index is -0.253. The van der Waals surface area contributed by atoms with Crippen molar-refractivity contribution in [3.63, 3.8) is 0 Å². The number of nitrogens with one attached hydrogen (secondary N) is 1. The lowest BCUT2D eigenvalue weighted by atomic mass is 10.0. The van der Waals surface area contributed by atoms with E-state index >= 15 is 0 Å². The van der Waals surface area contributed by atoms with Crippen molar-refractivity contribution in [3.05, 3.63) is 21.6 Å². The standard InChI is InChI=1S/C13H21ClN4O/c1-2-18-13(19)12(14)11(8-16-18)17-10-7-5-3-4-6-9(10)15/h8-10,17H,2-7,15H2,1H3. The van der Waals surface area contributed by atoms with E-state index in [1.54, 1.807) is 6.20 Å². The van der Waals surface area contributed by atoms with Crippen LogP contribution in [0.4, 0.5) is 5.69 Å². The first-order chi connectivity index (χ1) is 9.13. The van der Waals surface area contributed by atoms with Gasteiger partial charge in [0.05, 0.1) is 11.9 Å². The molecule has 3 N–H and O–H groups in total. The normalized spacial score (nSPS) is 23.9. The average molecular weight is 285 g/mol. The number of halogens is 1. The Morgan fingerprint density at radius 1 is 1.47 bits per heavy atom. The van der Waals surface area contributed by atoms with E-state index in [0.717, 1.165) is 19.3 Å². The Labute approximate surface area is 118 Å². The Balaban J connectivity index is 2.18. The van der Waals surface area contributed by atoms with E-state index < -0.39 is 0 Å². The Bertz CT molecular complexity index is 488. The molecule has 0 amide bonds. The third-order valence-corrected chi connectivity index (χ3v) is 4.06. The molecule has 106 valence electrons. The van der Waals surface area contributed by atoms with Crippen molar-refractivity contribution < 1.29 is 0 Å². The Hall–Kier alpha value is -1.07. The number of aromatic nitrogens is 2. The van der Waals surface area contributed by atoms with Crippen molar-refractivity contribution in [1.29, 1.82) is 0 Å². The number of nitrogens with zero attached hydrogens (tertiary/aromatic N) is 2. The van der Waals surface area contributed by atoms with Gasteiger partial charge in [-0.25, -0.2) is 4.68 Å². The number of anilines is 1. The summed E-state index contributed by atoms with van der Waals surface area (Å²) < 4.78 is 1.35. The molecule has 1 fully saturated rings. The average Bonchev–Trinajstić information content (AvgIpc) is 2.61. The minimum absolute atomic E-state index is 0.104. The molecule has 0 aliphatic heterocycles. The first-order valence-corrected chi connectivity index (χ1v) is 7.29. The molecule has 2 rings (SSSR count). The van der Waals surface area contributed by atoms with Crippen molar-refractivity contribution in [1.82, 2.24) is 9.78 Å². The van der Waals surface area contributed by atoms with Gasteiger partial charge in [0.25, 0.3) is 5.56 Å². The summed E-state index contributed by atoms with van der Waals surface area (Å²) in [6.45, 7) is 2.38. The SMILES string of the molecule is CCn1ncc(NC2CCCCCC2N)c(Cl)c1=O. The lowest BCUT2D eigenvalue weighted by Gasteiger charge is -2.24. The Kier molecular flexibility index (Phi) is 4.82. The van der Waals surface area contributed by atoms with Gasteiger partial charge in [-0.1, -0.05) is 30.9 Å². The summed E-state index contributed by atoms with van der Waals surface area (Å²) in [6.07, 6.45) is 7.18. The van der Waals surface area contributed by atoms with Crippen molar-refractivity contribution in [2.45, 2.75) is 57.7 Å². The number of hydrogen-bond acceptors (Lipinski definition) is 4. The third kappa shape index (κ3) is 3.28. The van der Waals surface area contributed by atoms with E-state index in [1.165, 1.54) is 17.5 Å². The first-order valence-electron chi connectivity index (χ1n) is 6.91. The highest BCUT2D eigenvalue weighted by atomic mass is 35.5. The summed E-state index contributed by atoms with van der Waals surface area (Å²) in [5.74, 6) is 0. The zero-order chi connectivity index (χ0) is 13.8. The predicted octanol–water partition coefficient (Wildman–Crippen LogP) is 1.99. The fourth-order valence-electron chi connectivity index (χ4n) is 2.51. The van der Waals surface area contributed by atoms with E-state index in [4.69, 9.17) is 17.3 Å². The Morgan fingerprint density at radius 3 is 2.95 bits per heavy atom. The molecule has 1 aromatic rings. The highest BCUT2D eigenvalue weighted by Gasteiger charge is 2.21. The highest BCUT2D eigenvalue weighted by Crippen LogP contribution is 2.23. The van der Waals surface area contributed by atoms with Crippen LogP contribution in [0.5, 0.6) is 0 Å². The van der Waals surface area contributed by atoms with Gasteiger partial charge < -0.3 is 11.1 Å². The molecular weight excluding hydrogens is 264 g/mol. The minimum Gasteiger partial charge on any atom is -0.378 e. The molecule has 0 bridgehead atoms. The summed E-state index contributed by atoms with van der Waals surface area (Å²) in [5.41, 5.74) is 6.50. The molecule has 0 saturated heterocycles. The van der Waals surface area contributed by atoms with Gasteiger partial charge in [0.15, 0.2) is 0 Å². The van der Waals surface area contributed by atoms with Gasteiger partial charge in [0.2, 0.25) is 0 Å². The third-order valence-electron chi connectivity index (χ3n) is 3.69. The van der Waals surface area contributed by atoms with Crippen LogP contribution < -0.4 is 16.6 Å². The maximum atomic E-state index is 11.9. The Morgan fingerprint density at radius 2 is 2.21 bits per heavy atom. The molecule has 5 nitrogen and oxygen atoms in total. The maximum absolute atomic E-state index is 11.9. The van der Waals surface area contributed by atoms with E-state index in [1.807, 2.05) is 6.92 Å². The van der Waals surface area contributed by atoms with Gasteiger partial charge in [0.1, 0.15) is 5.02 Å². The summed E-state index contributed by atoms with van der Waals surface area (Å²) in [4.78, 5) is 11.9. The lowest BCUT2D eigenvalue weighted by Crippen LogP contribution is -2.40. The van der Waals surface area contributed by atoms with Crippen LogP contribution in [0.2, 0.25) is 5.02 Å². The van der Waals surface area contributed by atoms with Crippen molar-refractivity contribution >= 4 is 17.3 Å². The summed E-state index contributed by atoms with van der Waals surface area (Å²) >= 11 is 6.11. The molecule has 2 atom stereocenters. The topological polar surface area (TPSA) is 72.9 Å². The molecular formula is C13H21ClN4O. The number of hydrogen-bond donors (Lipinski definition) is 2. The van der Waals surface area contributed by atoms with E-state index in [-0.39, 0.29) is 22.7 Å². The fourth-order valence-corrected chi connectivity index (χ4v) is 2.71. The number of rotatable bonds is 3. The van der Waals surface area contributed by atoms with E-state index in [9.17, 15) is 4.79 Å². The van der Waals surface area contributed by atoms with Crippen LogP contribution in [0.25, 0.3) is 0 Å². The van der Waals surface area contributed by atoms with Gasteiger partial charge in [-0.15, -0.1) is 0 Å². The quantitative estimate of drug-likeness (QED) is 0.833. The molecule has 1 heterocycles. The van der Waals surface area contributed by atoms with E-state index in [2.05, 4.69) is 10.4 Å². The zero-order valence-corrected chi connectivity index (χ0v) is 12.0. The largest absolute Gasteiger partial charge is 0.378 e. The van der Waals surface area contributed by atoms with Crippen LogP contribution in [-0.2, 0) is 6.54 Å². The second kappa shape index (κ2) is 6.39. The molecule has 2 unspecified atom stereocenters. The van der Waals surface area contributed by atoms with Gasteiger partial charge in [-0.3, -0.25) is 4.79 Å². The molecule has 1 saturated carbocycles. The highest BCUT2D eigenvalue weighted by molar-refractivity contribution is 6.32. The smallest absolute Gasteiger partial charge is 0.287 e. The summed E-state index contributed by atoms with van der Waals surface area (Å²) in [5, 5.41) is 7.59. The maximum Gasteiger partial charge on any atom is 0.287 e. The van der Waals surface area contributed by atoms with Gasteiger partial charge in [-0.2, -0.15) is 5.10 Å². The second-order valence-electron chi connectivity index (χ2n) is 5.05. The van der Waals surface area contributed by atoms with Gasteiger partial charge >= 0.3 is 0 Å². The van der Waals surface area contributed by atoms with Crippen LogP contribution in [0.15, 0.2) is 11.0 Å². The number of nitrogens with two attached hydrogens (primary N) is 1. The van der Waals surface area contributed by atoms with Gasteiger partial charge in [0, 0.05) is 18.6 Å². The molecule has 1 aromatic heterocycles. The molecule has 1 aliphatic carbocycles. The van der Waals surface area contributed by atoms with Crippen LogP contribution in [-0.4, -0.2) is 21.9 Å². The number of aryl methyl sites for hydroxylation is 1. The first kappa shape index (κ1) is 14.3. The second-order valence-corrected chi connectivity index (χ2v) is 5.42. The molecule has 19 heavy (non-hydrogen) atoms. The summed E-state index contributed by atoms with van der Waals surface area (Å²) in [6, 6.07) is 0.269. The lowest BCUT2D eigenvalue weighted by molar-refractivity contribution is 0.527. The molecule has 0 aromatic carbocycles. The van der Waals surface area contributed by atoms with Crippen LogP contribution >= 0.6 is 11.6 Å². The zero-order valence-electron chi connectivity index (χ0n) is 11.2.